The smallest absolute Gasteiger partial charge is 0.123 e. The summed E-state index contributed by atoms with van der Waals surface area (Å²) in [5.74, 6) is 1.78. The number of para-hydroxylation sites is 1. The number of likely N-dealkylation sites (tertiary alicyclic amines) is 1. The number of benzene rings is 1. The molecule has 1 aliphatic rings. The lowest BCUT2D eigenvalue weighted by molar-refractivity contribution is 0.163. The van der Waals surface area contributed by atoms with Gasteiger partial charge in [-0.15, -0.1) is 0 Å². The zero-order valence-corrected chi connectivity index (χ0v) is 14.3. The van der Waals surface area contributed by atoms with Gasteiger partial charge in [0.2, 0.25) is 0 Å². The molecule has 0 aromatic heterocycles. The number of nitrogens with zero attached hydrogens (tertiary/aromatic N) is 2. The minimum Gasteiger partial charge on any atom is -0.496 e. The average Bonchev–Trinajstić information content (AvgIpc) is 2.52. The van der Waals surface area contributed by atoms with Crippen LogP contribution in [0.15, 0.2) is 24.3 Å². The second-order valence-electron chi connectivity index (χ2n) is 6.56. The van der Waals surface area contributed by atoms with Crippen LogP contribution >= 0.6 is 0 Å². The first-order chi connectivity index (χ1) is 10.7. The summed E-state index contributed by atoms with van der Waals surface area (Å²) < 4.78 is 5.47. The molecule has 0 saturated carbocycles. The molecule has 1 N–H and O–H groups in total. The normalized spacial score (nSPS) is 19.5. The minimum absolute atomic E-state index is 0.769. The molecule has 124 valence electrons. The van der Waals surface area contributed by atoms with Crippen LogP contribution in [0.2, 0.25) is 0 Å². The van der Waals surface area contributed by atoms with E-state index in [-0.39, 0.29) is 0 Å². The van der Waals surface area contributed by atoms with Crippen molar-refractivity contribution in [3.63, 3.8) is 0 Å². The van der Waals surface area contributed by atoms with Crippen molar-refractivity contribution in [1.82, 2.24) is 15.1 Å². The summed E-state index contributed by atoms with van der Waals surface area (Å²) in [5.41, 5.74) is 1.30. The molecule has 1 fully saturated rings. The van der Waals surface area contributed by atoms with Crippen LogP contribution < -0.4 is 10.1 Å². The van der Waals surface area contributed by atoms with Gasteiger partial charge in [0.25, 0.3) is 0 Å². The summed E-state index contributed by atoms with van der Waals surface area (Å²) in [6.45, 7) is 6.71. The minimum atomic E-state index is 0.769. The number of ether oxygens (including phenoxy) is 1. The zero-order valence-electron chi connectivity index (χ0n) is 14.3. The molecule has 1 heterocycles. The lowest BCUT2D eigenvalue weighted by atomic mass is 9.97. The molecule has 1 aliphatic heterocycles. The molecule has 0 aliphatic carbocycles. The average molecular weight is 305 g/mol. The molecule has 0 amide bonds. The van der Waals surface area contributed by atoms with Crippen molar-refractivity contribution in [2.75, 3.05) is 53.9 Å². The van der Waals surface area contributed by atoms with Crippen molar-refractivity contribution in [3.8, 4) is 5.75 Å². The number of piperidine rings is 1. The molecule has 0 radical (unpaired) electrons. The van der Waals surface area contributed by atoms with E-state index in [1.807, 2.05) is 6.07 Å². The topological polar surface area (TPSA) is 27.7 Å². The summed E-state index contributed by atoms with van der Waals surface area (Å²) in [6, 6.07) is 8.37. The van der Waals surface area contributed by atoms with Crippen LogP contribution in [0, 0.1) is 5.92 Å². The summed E-state index contributed by atoms with van der Waals surface area (Å²) in [7, 11) is 6.00. The summed E-state index contributed by atoms with van der Waals surface area (Å²) in [5, 5.41) is 3.60. The number of rotatable bonds is 8. The third-order valence-corrected chi connectivity index (χ3v) is 4.36. The van der Waals surface area contributed by atoms with E-state index in [1.165, 1.54) is 31.5 Å². The quantitative estimate of drug-likeness (QED) is 0.744. The monoisotopic (exact) mass is 305 g/mol. The maximum Gasteiger partial charge on any atom is 0.123 e. The number of nitrogens with one attached hydrogen (secondary N) is 1. The van der Waals surface area contributed by atoms with Crippen molar-refractivity contribution in [1.29, 1.82) is 0 Å². The fourth-order valence-corrected chi connectivity index (χ4v) is 3.14. The van der Waals surface area contributed by atoms with E-state index < -0.39 is 0 Å². The second-order valence-corrected chi connectivity index (χ2v) is 6.56. The Morgan fingerprint density at radius 3 is 2.91 bits per heavy atom. The Morgan fingerprint density at radius 2 is 2.14 bits per heavy atom. The number of likely N-dealkylation sites (N-methyl/N-ethyl adjacent to an activating group) is 1. The molecule has 1 atom stereocenters. The predicted octanol–water partition coefficient (Wildman–Crippen LogP) is 2.06. The molecule has 1 saturated heterocycles. The Balaban J connectivity index is 1.78. The van der Waals surface area contributed by atoms with Gasteiger partial charge in [0.1, 0.15) is 5.75 Å². The van der Waals surface area contributed by atoms with Gasteiger partial charge in [-0.3, -0.25) is 4.90 Å². The molecule has 1 aromatic carbocycles. The Bertz CT molecular complexity index is 436. The zero-order chi connectivity index (χ0) is 15.8. The molecule has 22 heavy (non-hydrogen) atoms. The van der Waals surface area contributed by atoms with Crippen LogP contribution in [-0.2, 0) is 6.54 Å². The Labute approximate surface area is 135 Å². The van der Waals surface area contributed by atoms with Gasteiger partial charge in [-0.1, -0.05) is 18.2 Å². The van der Waals surface area contributed by atoms with E-state index in [9.17, 15) is 0 Å². The van der Waals surface area contributed by atoms with Gasteiger partial charge in [-0.05, 0) is 52.0 Å². The Hall–Kier alpha value is -1.10. The molecule has 2 rings (SSSR count). The van der Waals surface area contributed by atoms with Gasteiger partial charge in [0.05, 0.1) is 7.11 Å². The first kappa shape index (κ1) is 17.3. The van der Waals surface area contributed by atoms with Crippen LogP contribution in [0.5, 0.6) is 5.75 Å². The Kier molecular flexibility index (Phi) is 7.16. The highest BCUT2D eigenvalue weighted by Gasteiger charge is 2.20. The lowest BCUT2D eigenvalue weighted by Crippen LogP contribution is -2.40. The van der Waals surface area contributed by atoms with Gasteiger partial charge in [-0.25, -0.2) is 0 Å². The SMILES string of the molecule is COc1ccccc1CN1CCC[C@H](CNCCN(C)C)C1. The van der Waals surface area contributed by atoms with Crippen LogP contribution in [-0.4, -0.2) is 63.7 Å². The predicted molar refractivity (Wildman–Crippen MR) is 92.4 cm³/mol. The van der Waals surface area contributed by atoms with E-state index in [0.29, 0.717) is 0 Å². The van der Waals surface area contributed by atoms with E-state index in [4.69, 9.17) is 4.74 Å². The Morgan fingerprint density at radius 1 is 1.32 bits per heavy atom. The molecular weight excluding hydrogens is 274 g/mol. The third kappa shape index (κ3) is 5.59. The molecule has 0 spiro atoms. The maximum atomic E-state index is 5.47. The fourth-order valence-electron chi connectivity index (χ4n) is 3.14. The highest BCUT2D eigenvalue weighted by atomic mass is 16.5. The molecule has 4 heteroatoms. The van der Waals surface area contributed by atoms with E-state index in [1.54, 1.807) is 7.11 Å². The van der Waals surface area contributed by atoms with E-state index in [2.05, 4.69) is 47.4 Å². The van der Waals surface area contributed by atoms with Gasteiger partial charge in [-0.2, -0.15) is 0 Å². The summed E-state index contributed by atoms with van der Waals surface area (Å²) >= 11 is 0. The first-order valence-electron chi connectivity index (χ1n) is 8.38. The van der Waals surface area contributed by atoms with Crippen molar-refractivity contribution < 1.29 is 4.74 Å². The molecule has 0 unspecified atom stereocenters. The number of hydrogen-bond donors (Lipinski definition) is 1. The first-order valence-corrected chi connectivity index (χ1v) is 8.38. The number of hydrogen-bond acceptors (Lipinski definition) is 4. The molecule has 4 nitrogen and oxygen atoms in total. The van der Waals surface area contributed by atoms with E-state index >= 15 is 0 Å². The molecular formula is C18H31N3O. The van der Waals surface area contributed by atoms with E-state index in [0.717, 1.165) is 37.8 Å². The highest BCUT2D eigenvalue weighted by Crippen LogP contribution is 2.23. The summed E-state index contributed by atoms with van der Waals surface area (Å²) in [6.07, 6.45) is 2.65. The molecule has 1 aromatic rings. The van der Waals surface area contributed by atoms with Gasteiger partial charge < -0.3 is 15.0 Å². The lowest BCUT2D eigenvalue weighted by Gasteiger charge is -2.33. The highest BCUT2D eigenvalue weighted by molar-refractivity contribution is 5.33. The van der Waals surface area contributed by atoms with Crippen LogP contribution in [0.4, 0.5) is 0 Å². The standard InChI is InChI=1S/C18H31N3O/c1-20(2)12-10-19-13-16-7-6-11-21(14-16)15-17-8-4-5-9-18(17)22-3/h4-5,8-9,16,19H,6-7,10-15H2,1-3H3/t16-/m1/s1. The van der Waals surface area contributed by atoms with Crippen LogP contribution in [0.25, 0.3) is 0 Å². The van der Waals surface area contributed by atoms with Crippen LogP contribution in [0.3, 0.4) is 0 Å². The van der Waals surface area contributed by atoms with Gasteiger partial charge >= 0.3 is 0 Å². The van der Waals surface area contributed by atoms with Crippen molar-refractivity contribution >= 4 is 0 Å². The number of methoxy groups -OCH3 is 1. The summed E-state index contributed by atoms with van der Waals surface area (Å²) in [4.78, 5) is 4.79. The maximum absolute atomic E-state index is 5.47. The largest absolute Gasteiger partial charge is 0.496 e. The van der Waals surface area contributed by atoms with Crippen molar-refractivity contribution in [2.24, 2.45) is 5.92 Å². The second kappa shape index (κ2) is 9.13. The molecule has 0 bridgehead atoms. The van der Waals surface area contributed by atoms with Gasteiger partial charge in [0, 0.05) is 31.7 Å². The third-order valence-electron chi connectivity index (χ3n) is 4.36. The fraction of sp³-hybridized carbons (Fsp3) is 0.667. The van der Waals surface area contributed by atoms with Crippen molar-refractivity contribution in [3.05, 3.63) is 29.8 Å². The van der Waals surface area contributed by atoms with Gasteiger partial charge in [0.15, 0.2) is 0 Å². The van der Waals surface area contributed by atoms with Crippen molar-refractivity contribution in [2.45, 2.75) is 19.4 Å². The van der Waals surface area contributed by atoms with Crippen LogP contribution in [0.1, 0.15) is 18.4 Å².